The number of aliphatic hydroxyl groups is 3. The summed E-state index contributed by atoms with van der Waals surface area (Å²) in [6.45, 7) is 3.21. The van der Waals surface area contributed by atoms with Crippen molar-refractivity contribution in [2.75, 3.05) is 19.8 Å². The zero-order chi connectivity index (χ0) is 22.0. The Bertz CT molecular complexity index is 594. The maximum atomic E-state index is 13.8. The van der Waals surface area contributed by atoms with Gasteiger partial charge in [-0.05, 0) is 43.4 Å². The van der Waals surface area contributed by atoms with Gasteiger partial charge in [0.15, 0.2) is 0 Å². The Hall–Kier alpha value is -0.690. The molecule has 4 aliphatic rings. The van der Waals surface area contributed by atoms with Gasteiger partial charge in [0.25, 0.3) is 0 Å². The Kier molecular flexibility index (Phi) is 7.95. The number of hydrogen-bond acceptors (Lipinski definition) is 5. The normalized spacial score (nSPS) is 42.3. The van der Waals surface area contributed by atoms with E-state index in [-0.39, 0.29) is 30.9 Å². The highest BCUT2D eigenvalue weighted by molar-refractivity contribution is 5.81. The molecule has 178 valence electrons. The fourth-order valence-electron chi connectivity index (χ4n) is 6.88. The second-order valence-electron chi connectivity index (χ2n) is 10.9. The van der Waals surface area contributed by atoms with E-state index >= 15 is 0 Å². The SMILES string of the molecule is CC1C(O)CC(O)C(C(=O)N2CC3CCCCC3C[C@H]2CO)C1OCC1CCCCC1. The molecule has 0 aromatic heterocycles. The summed E-state index contributed by atoms with van der Waals surface area (Å²) in [6, 6.07) is -0.166. The van der Waals surface area contributed by atoms with Crippen molar-refractivity contribution in [1.82, 2.24) is 4.90 Å². The third-order valence-corrected chi connectivity index (χ3v) is 8.92. The molecule has 4 rings (SSSR count). The minimum Gasteiger partial charge on any atom is -0.394 e. The number of ether oxygens (including phenoxy) is 1. The Morgan fingerprint density at radius 2 is 1.61 bits per heavy atom. The minimum absolute atomic E-state index is 0.0243. The summed E-state index contributed by atoms with van der Waals surface area (Å²) in [5.41, 5.74) is 0. The molecular weight excluding hydrogens is 394 g/mol. The molecule has 8 atom stereocenters. The number of likely N-dealkylation sites (tertiary alicyclic amines) is 1. The van der Waals surface area contributed by atoms with Crippen LogP contribution in [0.1, 0.15) is 77.6 Å². The average Bonchev–Trinajstić information content (AvgIpc) is 2.79. The largest absolute Gasteiger partial charge is 0.394 e. The zero-order valence-corrected chi connectivity index (χ0v) is 19.2. The molecule has 1 heterocycles. The molecule has 3 N–H and O–H groups in total. The van der Waals surface area contributed by atoms with E-state index in [0.29, 0.717) is 30.9 Å². The fourth-order valence-corrected chi connectivity index (χ4v) is 6.88. The first-order valence-electron chi connectivity index (χ1n) is 12.9. The van der Waals surface area contributed by atoms with Crippen molar-refractivity contribution < 1.29 is 24.9 Å². The van der Waals surface area contributed by atoms with Crippen molar-refractivity contribution in [3.05, 3.63) is 0 Å². The minimum atomic E-state index is -0.904. The lowest BCUT2D eigenvalue weighted by atomic mass is 9.71. The van der Waals surface area contributed by atoms with Crippen molar-refractivity contribution >= 4 is 5.91 Å². The topological polar surface area (TPSA) is 90.2 Å². The van der Waals surface area contributed by atoms with Gasteiger partial charge in [-0.3, -0.25) is 4.79 Å². The van der Waals surface area contributed by atoms with Crippen LogP contribution in [0.3, 0.4) is 0 Å². The number of piperidine rings is 1. The van der Waals surface area contributed by atoms with Gasteiger partial charge in [-0.1, -0.05) is 45.4 Å². The summed E-state index contributed by atoms with van der Waals surface area (Å²) in [4.78, 5) is 15.7. The lowest BCUT2D eigenvalue weighted by Crippen LogP contribution is -2.60. The summed E-state index contributed by atoms with van der Waals surface area (Å²) in [5, 5.41) is 31.5. The Labute approximate surface area is 187 Å². The number of nitrogens with zero attached hydrogens (tertiary/aromatic N) is 1. The molecule has 0 spiro atoms. The highest BCUT2D eigenvalue weighted by Crippen LogP contribution is 2.41. The number of carbonyl (C=O) groups is 1. The molecule has 0 radical (unpaired) electrons. The maximum Gasteiger partial charge on any atom is 0.231 e. The molecule has 31 heavy (non-hydrogen) atoms. The van der Waals surface area contributed by atoms with Gasteiger partial charge in [0, 0.05) is 25.5 Å². The van der Waals surface area contributed by atoms with Crippen molar-refractivity contribution in [3.8, 4) is 0 Å². The van der Waals surface area contributed by atoms with Gasteiger partial charge in [0.05, 0.1) is 36.9 Å². The molecule has 3 saturated carbocycles. The van der Waals surface area contributed by atoms with E-state index < -0.39 is 24.2 Å². The standard InChI is InChI=1S/C25H43NO5/c1-16-21(28)12-22(29)23(24(16)31-15-17-7-3-2-4-8-17)25(30)26-13-19-10-6-5-9-18(19)11-20(26)14-27/h16-24,27-29H,2-15H2,1H3/t16?,18?,19?,20-,21?,22?,23?,24?/m0/s1. The molecule has 6 heteroatoms. The Balaban J connectivity index is 1.49. The summed E-state index contributed by atoms with van der Waals surface area (Å²) in [7, 11) is 0. The van der Waals surface area contributed by atoms with Crippen molar-refractivity contribution in [2.24, 2.45) is 29.6 Å². The number of aliphatic hydroxyl groups excluding tert-OH is 3. The quantitative estimate of drug-likeness (QED) is 0.615. The Morgan fingerprint density at radius 1 is 0.935 bits per heavy atom. The van der Waals surface area contributed by atoms with Crippen LogP contribution in [0, 0.1) is 29.6 Å². The van der Waals surface area contributed by atoms with Gasteiger partial charge < -0.3 is 25.0 Å². The second-order valence-corrected chi connectivity index (χ2v) is 10.9. The van der Waals surface area contributed by atoms with E-state index in [2.05, 4.69) is 0 Å². The number of rotatable bonds is 5. The second kappa shape index (κ2) is 10.5. The molecule has 6 nitrogen and oxygen atoms in total. The predicted molar refractivity (Wildman–Crippen MR) is 118 cm³/mol. The molecule has 3 aliphatic carbocycles. The van der Waals surface area contributed by atoms with Gasteiger partial charge in [0.2, 0.25) is 5.91 Å². The van der Waals surface area contributed by atoms with Crippen LogP contribution in [-0.2, 0) is 9.53 Å². The van der Waals surface area contributed by atoms with Crippen LogP contribution < -0.4 is 0 Å². The lowest BCUT2D eigenvalue weighted by molar-refractivity contribution is -0.176. The highest BCUT2D eigenvalue weighted by Gasteiger charge is 2.50. The summed E-state index contributed by atoms with van der Waals surface area (Å²) < 4.78 is 6.35. The predicted octanol–water partition coefficient (Wildman–Crippen LogP) is 2.73. The molecule has 0 bridgehead atoms. The van der Waals surface area contributed by atoms with Crippen LogP contribution in [-0.4, -0.2) is 70.2 Å². The average molecular weight is 438 g/mol. The number of hydrogen-bond donors (Lipinski definition) is 3. The number of fused-ring (bicyclic) bond motifs is 1. The van der Waals surface area contributed by atoms with Gasteiger partial charge in [-0.15, -0.1) is 0 Å². The van der Waals surface area contributed by atoms with E-state index in [1.165, 1.54) is 38.5 Å². The fraction of sp³-hybridized carbons (Fsp3) is 0.960. The number of carbonyl (C=O) groups excluding carboxylic acids is 1. The van der Waals surface area contributed by atoms with Gasteiger partial charge in [0.1, 0.15) is 0 Å². The van der Waals surface area contributed by atoms with E-state index in [9.17, 15) is 20.1 Å². The molecule has 0 aromatic rings. The monoisotopic (exact) mass is 437 g/mol. The number of amides is 1. The summed E-state index contributed by atoms with van der Waals surface area (Å²) in [6.07, 6.45) is 9.92. The van der Waals surface area contributed by atoms with Crippen LogP contribution in [0.15, 0.2) is 0 Å². The highest BCUT2D eigenvalue weighted by atomic mass is 16.5. The first-order chi connectivity index (χ1) is 15.0. The molecular formula is C25H43NO5. The Morgan fingerprint density at radius 3 is 2.32 bits per heavy atom. The molecule has 1 saturated heterocycles. The van der Waals surface area contributed by atoms with Crippen LogP contribution in [0.2, 0.25) is 0 Å². The molecule has 1 amide bonds. The van der Waals surface area contributed by atoms with Crippen molar-refractivity contribution in [1.29, 1.82) is 0 Å². The van der Waals surface area contributed by atoms with Crippen LogP contribution >= 0.6 is 0 Å². The zero-order valence-electron chi connectivity index (χ0n) is 19.2. The van der Waals surface area contributed by atoms with E-state index in [0.717, 1.165) is 25.7 Å². The lowest BCUT2D eigenvalue weighted by Gasteiger charge is -2.49. The third-order valence-electron chi connectivity index (χ3n) is 8.92. The molecule has 0 aromatic carbocycles. The summed E-state index contributed by atoms with van der Waals surface area (Å²) in [5.74, 6) is 0.687. The van der Waals surface area contributed by atoms with Crippen molar-refractivity contribution in [2.45, 2.75) is 102 Å². The van der Waals surface area contributed by atoms with Crippen LogP contribution in [0.25, 0.3) is 0 Å². The molecule has 1 aliphatic heterocycles. The van der Waals surface area contributed by atoms with Gasteiger partial charge in [-0.25, -0.2) is 0 Å². The smallest absolute Gasteiger partial charge is 0.231 e. The van der Waals surface area contributed by atoms with E-state index in [1.807, 2.05) is 11.8 Å². The van der Waals surface area contributed by atoms with Crippen LogP contribution in [0.5, 0.6) is 0 Å². The van der Waals surface area contributed by atoms with Gasteiger partial charge >= 0.3 is 0 Å². The first-order valence-corrected chi connectivity index (χ1v) is 12.9. The molecule has 4 fully saturated rings. The summed E-state index contributed by atoms with van der Waals surface area (Å²) >= 11 is 0. The molecule has 7 unspecified atom stereocenters. The third kappa shape index (κ3) is 5.13. The van der Waals surface area contributed by atoms with Gasteiger partial charge in [-0.2, -0.15) is 0 Å². The van der Waals surface area contributed by atoms with E-state index in [1.54, 1.807) is 0 Å². The maximum absolute atomic E-state index is 13.8. The van der Waals surface area contributed by atoms with Crippen molar-refractivity contribution in [3.63, 3.8) is 0 Å². The first kappa shape index (κ1) is 23.5. The van der Waals surface area contributed by atoms with Crippen LogP contribution in [0.4, 0.5) is 0 Å². The van der Waals surface area contributed by atoms with E-state index in [4.69, 9.17) is 4.74 Å².